The highest BCUT2D eigenvalue weighted by Gasteiger charge is 2.37. The minimum absolute atomic E-state index is 0.743. The Bertz CT molecular complexity index is 238. The van der Waals surface area contributed by atoms with E-state index < -0.39 is 0 Å². The lowest BCUT2D eigenvalue weighted by Gasteiger charge is -2.43. The van der Waals surface area contributed by atoms with Crippen LogP contribution in [0.15, 0.2) is 24.8 Å². The molecule has 14 heavy (non-hydrogen) atoms. The normalized spacial score (nSPS) is 47.1. The zero-order chi connectivity index (χ0) is 10.1. The van der Waals surface area contributed by atoms with Gasteiger partial charge < -0.3 is 0 Å². The average Bonchev–Trinajstić information content (AvgIpc) is 2.16. The van der Waals surface area contributed by atoms with Gasteiger partial charge in [-0.1, -0.05) is 32.1 Å². The van der Waals surface area contributed by atoms with E-state index in [4.69, 9.17) is 0 Å². The molecule has 0 spiro atoms. The molecule has 0 radical (unpaired) electrons. The maximum absolute atomic E-state index is 3.99. The van der Waals surface area contributed by atoms with Crippen LogP contribution in [0.5, 0.6) is 0 Å². The van der Waals surface area contributed by atoms with Gasteiger partial charge in [0.2, 0.25) is 0 Å². The van der Waals surface area contributed by atoms with Gasteiger partial charge in [-0.25, -0.2) is 0 Å². The molecule has 0 aromatic heterocycles. The number of allylic oxidation sites excluding steroid dienone is 3. The molecule has 0 amide bonds. The third kappa shape index (κ3) is 1.67. The number of rotatable bonds is 1. The Kier molecular flexibility index (Phi) is 2.80. The molecule has 2 rings (SSSR count). The van der Waals surface area contributed by atoms with E-state index in [1.807, 2.05) is 0 Å². The second-order valence-corrected chi connectivity index (χ2v) is 5.36. The van der Waals surface area contributed by atoms with E-state index in [1.54, 1.807) is 0 Å². The molecule has 0 N–H and O–H groups in total. The van der Waals surface area contributed by atoms with Crippen LogP contribution in [-0.4, -0.2) is 0 Å². The van der Waals surface area contributed by atoms with E-state index in [1.165, 1.54) is 19.3 Å². The van der Waals surface area contributed by atoms with Gasteiger partial charge in [0.05, 0.1) is 0 Å². The Balaban J connectivity index is 2.19. The van der Waals surface area contributed by atoms with Gasteiger partial charge in [-0.3, -0.25) is 0 Å². The maximum atomic E-state index is 3.99. The number of hydrogen-bond acceptors (Lipinski definition) is 0. The molecule has 78 valence electrons. The van der Waals surface area contributed by atoms with E-state index in [9.17, 15) is 0 Å². The van der Waals surface area contributed by atoms with Crippen molar-refractivity contribution < 1.29 is 0 Å². The van der Waals surface area contributed by atoms with Crippen molar-refractivity contribution in [1.29, 1.82) is 0 Å². The second-order valence-electron chi connectivity index (χ2n) is 5.36. The van der Waals surface area contributed by atoms with Gasteiger partial charge >= 0.3 is 0 Å². The predicted octanol–water partition coefficient (Wildman–Crippen LogP) is 4.05. The summed E-state index contributed by atoms with van der Waals surface area (Å²) in [5, 5.41) is 0. The van der Waals surface area contributed by atoms with Crippen LogP contribution in [0.1, 0.15) is 33.1 Å². The largest absolute Gasteiger partial charge is 0.103 e. The fraction of sp³-hybridized carbons (Fsp3) is 0.714. The molecule has 0 saturated heterocycles. The predicted molar refractivity (Wildman–Crippen MR) is 62.0 cm³/mol. The van der Waals surface area contributed by atoms with Gasteiger partial charge in [0, 0.05) is 0 Å². The van der Waals surface area contributed by atoms with E-state index in [2.05, 4.69) is 38.7 Å². The van der Waals surface area contributed by atoms with Gasteiger partial charge in [0.1, 0.15) is 0 Å². The summed E-state index contributed by atoms with van der Waals surface area (Å²) >= 11 is 0. The Morgan fingerprint density at radius 2 is 2.07 bits per heavy atom. The molecule has 0 nitrogen and oxygen atoms in total. The lowest BCUT2D eigenvalue weighted by molar-refractivity contribution is 0.109. The summed E-state index contributed by atoms with van der Waals surface area (Å²) < 4.78 is 0. The van der Waals surface area contributed by atoms with Crippen molar-refractivity contribution in [3.05, 3.63) is 24.8 Å². The third-order valence-corrected chi connectivity index (χ3v) is 4.19. The Labute approximate surface area is 88.1 Å². The van der Waals surface area contributed by atoms with Gasteiger partial charge in [-0.2, -0.15) is 0 Å². The van der Waals surface area contributed by atoms with Crippen LogP contribution in [0.4, 0.5) is 0 Å². The lowest BCUT2D eigenvalue weighted by atomic mass is 9.61. The second kappa shape index (κ2) is 3.92. The summed E-state index contributed by atoms with van der Waals surface area (Å²) in [5.41, 5.74) is 0. The molecule has 0 heteroatoms. The monoisotopic (exact) mass is 190 g/mol. The molecule has 5 atom stereocenters. The number of hydrogen-bond donors (Lipinski definition) is 0. The molecular weight excluding hydrogens is 168 g/mol. The standard InChI is InChI=1S/C14H22/c1-4-12-6-5-7-13-9-10(2)8-11(3)14(12)13/h4-5,7,10-14H,1,6,8-9H2,2-3H3/t10-,11+,12-,13+,14+/m0/s1. The zero-order valence-corrected chi connectivity index (χ0v) is 9.45. The van der Waals surface area contributed by atoms with Crippen LogP contribution in [-0.2, 0) is 0 Å². The van der Waals surface area contributed by atoms with Gasteiger partial charge in [-0.05, 0) is 48.9 Å². The van der Waals surface area contributed by atoms with E-state index in [-0.39, 0.29) is 0 Å². The van der Waals surface area contributed by atoms with Crippen LogP contribution in [0, 0.1) is 29.6 Å². The molecule has 1 fully saturated rings. The highest BCUT2D eigenvalue weighted by molar-refractivity contribution is 5.07. The highest BCUT2D eigenvalue weighted by atomic mass is 14.4. The minimum Gasteiger partial charge on any atom is -0.103 e. The van der Waals surface area contributed by atoms with E-state index >= 15 is 0 Å². The Morgan fingerprint density at radius 1 is 1.29 bits per heavy atom. The average molecular weight is 190 g/mol. The summed E-state index contributed by atoms with van der Waals surface area (Å²) in [7, 11) is 0. The van der Waals surface area contributed by atoms with Gasteiger partial charge in [0.25, 0.3) is 0 Å². The first kappa shape index (κ1) is 10.0. The fourth-order valence-electron chi connectivity index (χ4n) is 3.70. The van der Waals surface area contributed by atoms with E-state index in [0.717, 1.165) is 29.6 Å². The van der Waals surface area contributed by atoms with Crippen molar-refractivity contribution in [2.45, 2.75) is 33.1 Å². The molecule has 0 bridgehead atoms. The molecule has 0 aromatic rings. The molecular formula is C14H22. The van der Waals surface area contributed by atoms with Crippen molar-refractivity contribution in [2.24, 2.45) is 29.6 Å². The van der Waals surface area contributed by atoms with Crippen molar-refractivity contribution >= 4 is 0 Å². The number of fused-ring (bicyclic) bond motifs is 1. The molecule has 1 saturated carbocycles. The fourth-order valence-corrected chi connectivity index (χ4v) is 3.70. The Hall–Kier alpha value is -0.520. The quantitative estimate of drug-likeness (QED) is 0.547. The topological polar surface area (TPSA) is 0 Å². The van der Waals surface area contributed by atoms with E-state index in [0.29, 0.717) is 0 Å². The van der Waals surface area contributed by atoms with Crippen LogP contribution < -0.4 is 0 Å². The molecule has 2 aliphatic carbocycles. The first-order chi connectivity index (χ1) is 6.72. The molecule has 0 aromatic carbocycles. The van der Waals surface area contributed by atoms with Gasteiger partial charge in [-0.15, -0.1) is 6.58 Å². The summed E-state index contributed by atoms with van der Waals surface area (Å²) in [4.78, 5) is 0. The molecule has 2 aliphatic rings. The summed E-state index contributed by atoms with van der Waals surface area (Å²) in [6, 6.07) is 0. The minimum atomic E-state index is 0.743. The first-order valence-corrected chi connectivity index (χ1v) is 6.01. The van der Waals surface area contributed by atoms with Crippen molar-refractivity contribution in [3.8, 4) is 0 Å². The summed E-state index contributed by atoms with van der Waals surface area (Å²) in [5.74, 6) is 4.27. The lowest BCUT2D eigenvalue weighted by Crippen LogP contribution is -2.35. The molecule has 0 unspecified atom stereocenters. The zero-order valence-electron chi connectivity index (χ0n) is 9.45. The molecule has 0 heterocycles. The van der Waals surface area contributed by atoms with Crippen LogP contribution in [0.2, 0.25) is 0 Å². The summed E-state index contributed by atoms with van der Waals surface area (Å²) in [6.45, 7) is 8.83. The SMILES string of the molecule is C=C[C@H]1CC=C[C@@H]2C[C@@H](C)C[C@@H](C)[C@@H]21. The molecule has 0 aliphatic heterocycles. The Morgan fingerprint density at radius 3 is 2.79 bits per heavy atom. The van der Waals surface area contributed by atoms with Crippen LogP contribution in [0.25, 0.3) is 0 Å². The maximum Gasteiger partial charge on any atom is -0.0165 e. The van der Waals surface area contributed by atoms with Crippen LogP contribution in [0.3, 0.4) is 0 Å². The van der Waals surface area contributed by atoms with Gasteiger partial charge in [0.15, 0.2) is 0 Å². The highest BCUT2D eigenvalue weighted by Crippen LogP contribution is 2.46. The first-order valence-electron chi connectivity index (χ1n) is 6.01. The van der Waals surface area contributed by atoms with Crippen molar-refractivity contribution in [1.82, 2.24) is 0 Å². The summed E-state index contributed by atoms with van der Waals surface area (Å²) in [6.07, 6.45) is 11.1. The van der Waals surface area contributed by atoms with Crippen molar-refractivity contribution in [2.75, 3.05) is 0 Å². The smallest absolute Gasteiger partial charge is 0.0165 e. The van der Waals surface area contributed by atoms with Crippen LogP contribution >= 0.6 is 0 Å². The third-order valence-electron chi connectivity index (χ3n) is 4.19. The van der Waals surface area contributed by atoms with Crippen molar-refractivity contribution in [3.63, 3.8) is 0 Å².